The van der Waals surface area contributed by atoms with Crippen molar-refractivity contribution in [3.05, 3.63) is 64.6 Å². The highest BCUT2D eigenvalue weighted by Crippen LogP contribution is 2.22. The molecular formula is C15H14Br2O. The Morgan fingerprint density at radius 2 is 1.78 bits per heavy atom. The van der Waals surface area contributed by atoms with Crippen molar-refractivity contribution in [2.45, 2.75) is 5.92 Å². The number of hydrogen-bond acceptors (Lipinski definition) is 1. The fourth-order valence-electron chi connectivity index (χ4n) is 1.71. The highest BCUT2D eigenvalue weighted by molar-refractivity contribution is 9.10. The highest BCUT2D eigenvalue weighted by atomic mass is 79.9. The lowest BCUT2D eigenvalue weighted by Crippen LogP contribution is -2.11. The van der Waals surface area contributed by atoms with Crippen molar-refractivity contribution in [3.8, 4) is 5.75 Å². The second kappa shape index (κ2) is 6.95. The molecule has 3 heteroatoms. The highest BCUT2D eigenvalue weighted by Gasteiger charge is 2.10. The van der Waals surface area contributed by atoms with Crippen molar-refractivity contribution in [1.82, 2.24) is 0 Å². The van der Waals surface area contributed by atoms with Crippen LogP contribution in [0.15, 0.2) is 59.1 Å². The summed E-state index contributed by atoms with van der Waals surface area (Å²) in [4.78, 5) is 0. The maximum atomic E-state index is 5.83. The largest absolute Gasteiger partial charge is 0.493 e. The summed E-state index contributed by atoms with van der Waals surface area (Å²) in [5, 5.41) is 0.894. The Morgan fingerprint density at radius 3 is 2.44 bits per heavy atom. The molecule has 1 nitrogen and oxygen atoms in total. The van der Waals surface area contributed by atoms with Crippen LogP contribution in [-0.2, 0) is 0 Å². The molecule has 0 saturated heterocycles. The zero-order valence-electron chi connectivity index (χ0n) is 9.85. The molecule has 0 aliphatic heterocycles. The summed E-state index contributed by atoms with van der Waals surface area (Å²) in [6, 6.07) is 18.3. The second-order valence-electron chi connectivity index (χ2n) is 4.03. The molecule has 2 aromatic rings. The van der Waals surface area contributed by atoms with E-state index in [0.29, 0.717) is 12.5 Å². The lowest BCUT2D eigenvalue weighted by molar-refractivity contribution is 0.298. The third-order valence-corrected chi connectivity index (χ3v) is 3.98. The Bertz CT molecular complexity index is 485. The molecule has 1 atom stereocenters. The molecule has 2 aromatic carbocycles. The van der Waals surface area contributed by atoms with Gasteiger partial charge in [0.05, 0.1) is 6.61 Å². The van der Waals surface area contributed by atoms with E-state index in [1.54, 1.807) is 0 Å². The van der Waals surface area contributed by atoms with Crippen molar-refractivity contribution in [1.29, 1.82) is 0 Å². The van der Waals surface area contributed by atoms with E-state index < -0.39 is 0 Å². The Balaban J connectivity index is 2.00. The Kier molecular flexibility index (Phi) is 5.26. The summed E-state index contributed by atoms with van der Waals surface area (Å²) in [6.07, 6.45) is 0. The van der Waals surface area contributed by atoms with Gasteiger partial charge in [-0.1, -0.05) is 68.3 Å². The van der Waals surface area contributed by atoms with Gasteiger partial charge in [0.2, 0.25) is 0 Å². The molecule has 0 aliphatic carbocycles. The van der Waals surface area contributed by atoms with Crippen LogP contribution in [0.1, 0.15) is 11.5 Å². The van der Waals surface area contributed by atoms with Gasteiger partial charge in [0, 0.05) is 15.7 Å². The number of hydrogen-bond donors (Lipinski definition) is 0. The SMILES string of the molecule is BrCC(COc1cccc(Br)c1)c1ccccc1. The van der Waals surface area contributed by atoms with Crippen molar-refractivity contribution in [3.63, 3.8) is 0 Å². The van der Waals surface area contributed by atoms with Gasteiger partial charge in [-0.05, 0) is 23.8 Å². The van der Waals surface area contributed by atoms with E-state index in [1.165, 1.54) is 5.56 Å². The number of benzene rings is 2. The van der Waals surface area contributed by atoms with Crippen LogP contribution in [0.2, 0.25) is 0 Å². The first kappa shape index (κ1) is 13.6. The lowest BCUT2D eigenvalue weighted by Gasteiger charge is -2.15. The van der Waals surface area contributed by atoms with Crippen molar-refractivity contribution >= 4 is 31.9 Å². The van der Waals surface area contributed by atoms with Gasteiger partial charge in [-0.15, -0.1) is 0 Å². The smallest absolute Gasteiger partial charge is 0.120 e. The van der Waals surface area contributed by atoms with Gasteiger partial charge in [-0.25, -0.2) is 0 Å². The average Bonchev–Trinajstić information content (AvgIpc) is 2.41. The summed E-state index contributed by atoms with van der Waals surface area (Å²) in [5.41, 5.74) is 1.30. The second-order valence-corrected chi connectivity index (χ2v) is 5.59. The molecule has 0 spiro atoms. The monoisotopic (exact) mass is 368 g/mol. The maximum Gasteiger partial charge on any atom is 0.120 e. The fraction of sp³-hybridized carbons (Fsp3) is 0.200. The summed E-state index contributed by atoms with van der Waals surface area (Å²) >= 11 is 6.99. The van der Waals surface area contributed by atoms with Crippen LogP contribution in [0.4, 0.5) is 0 Å². The number of rotatable bonds is 5. The maximum absolute atomic E-state index is 5.83. The number of ether oxygens (including phenoxy) is 1. The molecule has 1 unspecified atom stereocenters. The van der Waals surface area contributed by atoms with Gasteiger partial charge in [-0.3, -0.25) is 0 Å². The molecule has 0 bridgehead atoms. The molecule has 0 amide bonds. The van der Waals surface area contributed by atoms with Crippen LogP contribution in [0.5, 0.6) is 5.75 Å². The first-order chi connectivity index (χ1) is 8.79. The normalized spacial score (nSPS) is 12.1. The zero-order chi connectivity index (χ0) is 12.8. The first-order valence-electron chi connectivity index (χ1n) is 5.79. The van der Waals surface area contributed by atoms with E-state index in [-0.39, 0.29) is 0 Å². The van der Waals surface area contributed by atoms with E-state index in [1.807, 2.05) is 30.3 Å². The van der Waals surface area contributed by atoms with E-state index in [9.17, 15) is 0 Å². The quantitative estimate of drug-likeness (QED) is 0.673. The Morgan fingerprint density at radius 1 is 1.00 bits per heavy atom. The molecule has 0 heterocycles. The van der Waals surface area contributed by atoms with Crippen LogP contribution in [0, 0.1) is 0 Å². The lowest BCUT2D eigenvalue weighted by atomic mass is 10.0. The summed E-state index contributed by atoms with van der Waals surface area (Å²) in [7, 11) is 0. The molecule has 94 valence electrons. The van der Waals surface area contributed by atoms with E-state index in [2.05, 4.69) is 56.1 Å². The van der Waals surface area contributed by atoms with Crippen LogP contribution in [-0.4, -0.2) is 11.9 Å². The molecule has 2 rings (SSSR count). The van der Waals surface area contributed by atoms with Crippen molar-refractivity contribution in [2.75, 3.05) is 11.9 Å². The molecular weight excluding hydrogens is 356 g/mol. The third kappa shape index (κ3) is 3.85. The zero-order valence-corrected chi connectivity index (χ0v) is 13.0. The summed E-state index contributed by atoms with van der Waals surface area (Å²) in [6.45, 7) is 0.672. The standard InChI is InChI=1S/C15H14Br2O/c16-10-13(12-5-2-1-3-6-12)11-18-15-8-4-7-14(17)9-15/h1-9,13H,10-11H2. The van der Waals surface area contributed by atoms with E-state index in [4.69, 9.17) is 4.74 Å². The summed E-state index contributed by atoms with van der Waals surface area (Å²) in [5.74, 6) is 1.26. The average molecular weight is 370 g/mol. The minimum absolute atomic E-state index is 0.366. The van der Waals surface area contributed by atoms with Crippen LogP contribution < -0.4 is 4.74 Å². The predicted octanol–water partition coefficient (Wildman–Crippen LogP) is 5.01. The van der Waals surface area contributed by atoms with Crippen molar-refractivity contribution in [2.24, 2.45) is 0 Å². The molecule has 0 saturated carbocycles. The van der Waals surface area contributed by atoms with Gasteiger partial charge in [-0.2, -0.15) is 0 Å². The molecule has 18 heavy (non-hydrogen) atoms. The van der Waals surface area contributed by atoms with Gasteiger partial charge >= 0.3 is 0 Å². The minimum atomic E-state index is 0.366. The van der Waals surface area contributed by atoms with Gasteiger partial charge in [0.15, 0.2) is 0 Å². The Labute approximate surface area is 124 Å². The third-order valence-electron chi connectivity index (χ3n) is 2.70. The topological polar surface area (TPSA) is 9.23 Å². The molecule has 0 aliphatic rings. The van der Waals surface area contributed by atoms with Crippen molar-refractivity contribution < 1.29 is 4.74 Å². The minimum Gasteiger partial charge on any atom is -0.493 e. The van der Waals surface area contributed by atoms with Gasteiger partial charge in [0.1, 0.15) is 5.75 Å². The molecule has 0 aromatic heterocycles. The predicted molar refractivity (Wildman–Crippen MR) is 82.6 cm³/mol. The van der Waals surface area contributed by atoms with Crippen LogP contribution >= 0.6 is 31.9 Å². The fourth-order valence-corrected chi connectivity index (χ4v) is 2.65. The summed E-state index contributed by atoms with van der Waals surface area (Å²) < 4.78 is 6.87. The molecule has 0 fully saturated rings. The van der Waals surface area contributed by atoms with Crippen LogP contribution in [0.25, 0.3) is 0 Å². The Hall–Kier alpha value is -0.800. The number of alkyl halides is 1. The van der Waals surface area contributed by atoms with E-state index in [0.717, 1.165) is 15.6 Å². The van der Waals surface area contributed by atoms with Gasteiger partial charge < -0.3 is 4.74 Å². The van der Waals surface area contributed by atoms with E-state index >= 15 is 0 Å². The van der Waals surface area contributed by atoms with Gasteiger partial charge in [0.25, 0.3) is 0 Å². The van der Waals surface area contributed by atoms with Crippen LogP contribution in [0.3, 0.4) is 0 Å². The molecule has 0 radical (unpaired) electrons. The number of halogens is 2. The first-order valence-corrected chi connectivity index (χ1v) is 7.70. The molecule has 0 N–H and O–H groups in total.